The van der Waals surface area contributed by atoms with Crippen molar-refractivity contribution in [3.63, 3.8) is 0 Å². The molecule has 2 amide bonds. The van der Waals surface area contributed by atoms with Gasteiger partial charge >= 0.3 is 5.97 Å². The minimum absolute atomic E-state index is 0.223. The summed E-state index contributed by atoms with van der Waals surface area (Å²) in [6.07, 6.45) is 0.853. The van der Waals surface area contributed by atoms with Crippen molar-refractivity contribution < 1.29 is 23.9 Å². The van der Waals surface area contributed by atoms with Crippen molar-refractivity contribution in [2.45, 2.75) is 19.4 Å². The minimum Gasteiger partial charge on any atom is -0.480 e. The molecule has 1 heterocycles. The molecular formula is C10H12N2O5. The molecule has 1 rings (SSSR count). The van der Waals surface area contributed by atoms with Crippen LogP contribution in [0, 0.1) is 6.92 Å². The summed E-state index contributed by atoms with van der Waals surface area (Å²) >= 11 is 0. The second kappa shape index (κ2) is 5.15. The van der Waals surface area contributed by atoms with Crippen LogP contribution in [0.5, 0.6) is 0 Å². The predicted molar refractivity (Wildman–Crippen MR) is 56.1 cm³/mol. The van der Waals surface area contributed by atoms with Crippen LogP contribution in [0.1, 0.15) is 22.5 Å². The highest BCUT2D eigenvalue weighted by atomic mass is 16.4. The number of nitrogens with one attached hydrogen (secondary N) is 1. The molecule has 0 radical (unpaired) electrons. The number of nitrogens with two attached hydrogens (primary N) is 1. The lowest BCUT2D eigenvalue weighted by Crippen LogP contribution is -2.43. The second-order valence-corrected chi connectivity index (χ2v) is 3.43. The zero-order chi connectivity index (χ0) is 13.0. The van der Waals surface area contributed by atoms with Gasteiger partial charge in [0.15, 0.2) is 0 Å². The fourth-order valence-corrected chi connectivity index (χ4v) is 1.26. The summed E-state index contributed by atoms with van der Waals surface area (Å²) in [5.41, 5.74) is 5.11. The molecule has 92 valence electrons. The summed E-state index contributed by atoms with van der Waals surface area (Å²) in [5, 5.41) is 11.0. The van der Waals surface area contributed by atoms with Crippen molar-refractivity contribution >= 4 is 17.8 Å². The van der Waals surface area contributed by atoms with E-state index in [1.165, 1.54) is 12.3 Å². The molecule has 0 aromatic carbocycles. The van der Waals surface area contributed by atoms with Gasteiger partial charge in [-0.25, -0.2) is 4.79 Å². The Bertz CT molecular complexity index is 451. The Balaban J connectivity index is 2.74. The minimum atomic E-state index is -1.34. The van der Waals surface area contributed by atoms with Crippen molar-refractivity contribution in [1.82, 2.24) is 5.32 Å². The smallest absolute Gasteiger partial charge is 0.326 e. The van der Waals surface area contributed by atoms with Crippen LogP contribution >= 0.6 is 0 Å². The van der Waals surface area contributed by atoms with Crippen LogP contribution in [-0.2, 0) is 9.59 Å². The molecule has 1 atom stereocenters. The van der Waals surface area contributed by atoms with E-state index in [0.717, 1.165) is 0 Å². The molecule has 0 spiro atoms. The summed E-state index contributed by atoms with van der Waals surface area (Å²) < 4.78 is 4.91. The Morgan fingerprint density at radius 1 is 1.53 bits per heavy atom. The van der Waals surface area contributed by atoms with Gasteiger partial charge in [-0.3, -0.25) is 9.59 Å². The van der Waals surface area contributed by atoms with E-state index >= 15 is 0 Å². The normalized spacial score (nSPS) is 11.8. The molecule has 4 N–H and O–H groups in total. The third-order valence-electron chi connectivity index (χ3n) is 2.11. The molecule has 1 aromatic rings. The third-order valence-corrected chi connectivity index (χ3v) is 2.11. The van der Waals surface area contributed by atoms with Gasteiger partial charge in [0.2, 0.25) is 5.91 Å². The fourth-order valence-electron chi connectivity index (χ4n) is 1.26. The fraction of sp³-hybridized carbons (Fsp3) is 0.300. The predicted octanol–water partition coefficient (Wildman–Crippen LogP) is -0.354. The van der Waals surface area contributed by atoms with Crippen LogP contribution in [-0.4, -0.2) is 28.9 Å². The number of amides is 2. The van der Waals surface area contributed by atoms with Gasteiger partial charge in [-0.2, -0.15) is 0 Å². The van der Waals surface area contributed by atoms with Crippen LogP contribution in [0.2, 0.25) is 0 Å². The standard InChI is InChI=1S/C10H12N2O5/c1-5-6(2-3-17-5)9(14)12-7(10(15)16)4-8(11)13/h2-3,7H,4H2,1H3,(H2,11,13)(H,12,14)(H,15,16)/t7-/m1/s1. The van der Waals surface area contributed by atoms with Gasteiger partial charge in [0.25, 0.3) is 5.91 Å². The largest absolute Gasteiger partial charge is 0.480 e. The summed E-state index contributed by atoms with van der Waals surface area (Å²) in [5.74, 6) is -2.38. The van der Waals surface area contributed by atoms with Gasteiger partial charge in [0.05, 0.1) is 18.2 Å². The number of furan rings is 1. The molecule has 0 saturated heterocycles. The number of carbonyl (C=O) groups excluding carboxylic acids is 2. The first-order valence-corrected chi connectivity index (χ1v) is 4.78. The second-order valence-electron chi connectivity index (χ2n) is 3.43. The van der Waals surface area contributed by atoms with Gasteiger partial charge in [-0.1, -0.05) is 0 Å². The lowest BCUT2D eigenvalue weighted by Gasteiger charge is -2.12. The van der Waals surface area contributed by atoms with E-state index in [1.54, 1.807) is 6.92 Å². The van der Waals surface area contributed by atoms with E-state index in [2.05, 4.69) is 5.32 Å². The van der Waals surface area contributed by atoms with Gasteiger partial charge in [-0.05, 0) is 13.0 Å². The van der Waals surface area contributed by atoms with Crippen molar-refractivity contribution in [2.75, 3.05) is 0 Å². The lowest BCUT2D eigenvalue weighted by molar-refractivity contribution is -0.140. The Kier molecular flexibility index (Phi) is 3.86. The topological polar surface area (TPSA) is 123 Å². The molecule has 7 nitrogen and oxygen atoms in total. The Morgan fingerprint density at radius 3 is 2.59 bits per heavy atom. The molecular weight excluding hydrogens is 228 g/mol. The molecule has 0 fully saturated rings. The number of hydrogen-bond donors (Lipinski definition) is 3. The number of aliphatic carboxylic acids is 1. The van der Waals surface area contributed by atoms with Gasteiger partial charge in [0.1, 0.15) is 11.8 Å². The number of carboxylic acid groups (broad SMARTS) is 1. The molecule has 0 bridgehead atoms. The number of carboxylic acids is 1. The summed E-state index contributed by atoms with van der Waals surface area (Å²) in [6, 6.07) is 0.0719. The Labute approximate surface area is 96.6 Å². The molecule has 0 saturated carbocycles. The van der Waals surface area contributed by atoms with E-state index in [-0.39, 0.29) is 5.56 Å². The van der Waals surface area contributed by atoms with Gasteiger partial charge < -0.3 is 20.6 Å². The highest BCUT2D eigenvalue weighted by Gasteiger charge is 2.23. The van der Waals surface area contributed by atoms with Crippen LogP contribution < -0.4 is 11.1 Å². The van der Waals surface area contributed by atoms with Gasteiger partial charge in [0, 0.05) is 0 Å². The van der Waals surface area contributed by atoms with Gasteiger partial charge in [-0.15, -0.1) is 0 Å². The quantitative estimate of drug-likeness (QED) is 0.649. The maximum atomic E-state index is 11.6. The van der Waals surface area contributed by atoms with Crippen molar-refractivity contribution in [1.29, 1.82) is 0 Å². The maximum Gasteiger partial charge on any atom is 0.326 e. The number of aryl methyl sites for hydroxylation is 1. The summed E-state index contributed by atoms with van der Waals surface area (Å²) in [6.45, 7) is 1.57. The maximum absolute atomic E-state index is 11.6. The lowest BCUT2D eigenvalue weighted by atomic mass is 10.1. The third kappa shape index (κ3) is 3.33. The molecule has 0 aliphatic carbocycles. The zero-order valence-corrected chi connectivity index (χ0v) is 9.10. The summed E-state index contributed by atoms with van der Waals surface area (Å²) in [4.78, 5) is 33.1. The first-order valence-electron chi connectivity index (χ1n) is 4.78. The average Bonchev–Trinajstić information content (AvgIpc) is 2.62. The van der Waals surface area contributed by atoms with E-state index < -0.39 is 30.2 Å². The zero-order valence-electron chi connectivity index (χ0n) is 9.10. The Hall–Kier alpha value is -2.31. The molecule has 0 aliphatic rings. The number of carbonyl (C=O) groups is 3. The Morgan fingerprint density at radius 2 is 2.18 bits per heavy atom. The summed E-state index contributed by atoms with van der Waals surface area (Å²) in [7, 11) is 0. The van der Waals surface area contributed by atoms with Crippen LogP contribution in [0.15, 0.2) is 16.7 Å². The molecule has 0 unspecified atom stereocenters. The van der Waals surface area contributed by atoms with Crippen LogP contribution in [0.3, 0.4) is 0 Å². The van der Waals surface area contributed by atoms with Crippen molar-refractivity contribution in [3.05, 3.63) is 23.7 Å². The first kappa shape index (κ1) is 12.8. The molecule has 7 heteroatoms. The van der Waals surface area contributed by atoms with E-state index in [4.69, 9.17) is 15.3 Å². The van der Waals surface area contributed by atoms with Crippen LogP contribution in [0.25, 0.3) is 0 Å². The monoisotopic (exact) mass is 240 g/mol. The number of hydrogen-bond acceptors (Lipinski definition) is 4. The van der Waals surface area contributed by atoms with Crippen LogP contribution in [0.4, 0.5) is 0 Å². The highest BCUT2D eigenvalue weighted by molar-refractivity contribution is 5.98. The SMILES string of the molecule is Cc1occc1C(=O)N[C@H](CC(N)=O)C(=O)O. The van der Waals surface area contributed by atoms with Crippen molar-refractivity contribution in [3.8, 4) is 0 Å². The molecule has 17 heavy (non-hydrogen) atoms. The average molecular weight is 240 g/mol. The number of rotatable bonds is 5. The van der Waals surface area contributed by atoms with E-state index in [1.807, 2.05) is 0 Å². The first-order chi connectivity index (χ1) is 7.91. The highest BCUT2D eigenvalue weighted by Crippen LogP contribution is 2.08. The van der Waals surface area contributed by atoms with E-state index in [0.29, 0.717) is 5.76 Å². The van der Waals surface area contributed by atoms with Crippen molar-refractivity contribution in [2.24, 2.45) is 5.73 Å². The molecule has 1 aromatic heterocycles. The van der Waals surface area contributed by atoms with E-state index in [9.17, 15) is 14.4 Å². The number of primary amides is 1. The molecule has 0 aliphatic heterocycles.